The predicted molar refractivity (Wildman–Crippen MR) is 139 cm³/mol. The van der Waals surface area contributed by atoms with Gasteiger partial charge < -0.3 is 19.9 Å². The van der Waals surface area contributed by atoms with Crippen molar-refractivity contribution in [1.82, 2.24) is 30.0 Å². The standard InChI is InChI=1S/C27H31F2N7O3/c1-27(2,3)23(24(37)34-10-12-35(13-11-34)25-30-8-4-9-31-25)32-26(38)36-21-7-14-39-16-18(21)22(33-36)17-5-6-19(28)20(29)15-17/h4-6,8-9,15,23H,7,10-14,16H2,1-3H3,(H,32,38)/t23-/m1/s1. The SMILES string of the molecule is CC(C)(C)[C@H](NC(=O)n1nc(-c2ccc(F)c(F)c2)c2c1CCOC2)C(=O)N1CCN(c2ncccn2)CC1. The van der Waals surface area contributed by atoms with Crippen LogP contribution in [0.1, 0.15) is 32.0 Å². The third kappa shape index (κ3) is 5.47. The van der Waals surface area contributed by atoms with Crippen LogP contribution < -0.4 is 10.2 Å². The number of carbonyl (C=O) groups excluding carboxylic acids is 2. The molecule has 0 bridgehead atoms. The largest absolute Gasteiger partial charge is 0.376 e. The molecule has 4 heterocycles. The second kappa shape index (κ2) is 10.7. The Balaban J connectivity index is 1.36. The maximum atomic E-state index is 14.0. The minimum atomic E-state index is -1.01. The molecule has 1 atom stereocenters. The highest BCUT2D eigenvalue weighted by molar-refractivity contribution is 5.89. The van der Waals surface area contributed by atoms with Gasteiger partial charge in [0, 0.05) is 56.1 Å². The minimum Gasteiger partial charge on any atom is -0.376 e. The molecule has 2 aromatic heterocycles. The molecule has 0 radical (unpaired) electrons. The summed E-state index contributed by atoms with van der Waals surface area (Å²) in [6.45, 7) is 8.33. The van der Waals surface area contributed by atoms with Crippen LogP contribution in [0.3, 0.4) is 0 Å². The molecule has 1 saturated heterocycles. The first-order valence-electron chi connectivity index (χ1n) is 12.9. The van der Waals surface area contributed by atoms with Crippen molar-refractivity contribution in [3.8, 4) is 11.3 Å². The van der Waals surface area contributed by atoms with Crippen LogP contribution >= 0.6 is 0 Å². The molecule has 0 aliphatic carbocycles. The van der Waals surface area contributed by atoms with E-state index in [1.165, 1.54) is 10.7 Å². The quantitative estimate of drug-likeness (QED) is 0.544. The molecule has 10 nitrogen and oxygen atoms in total. The van der Waals surface area contributed by atoms with E-state index in [0.29, 0.717) is 67.7 Å². The summed E-state index contributed by atoms with van der Waals surface area (Å²) in [4.78, 5) is 39.6. The molecule has 3 aromatic rings. The number of amides is 2. The number of nitrogens with one attached hydrogen (secondary N) is 1. The second-order valence-corrected chi connectivity index (χ2v) is 10.7. The first kappa shape index (κ1) is 26.7. The molecule has 5 rings (SSSR count). The van der Waals surface area contributed by atoms with Crippen LogP contribution in [0.15, 0.2) is 36.7 Å². The lowest BCUT2D eigenvalue weighted by Gasteiger charge is -2.39. The first-order valence-corrected chi connectivity index (χ1v) is 12.9. The summed E-state index contributed by atoms with van der Waals surface area (Å²) in [7, 11) is 0. The third-order valence-electron chi connectivity index (χ3n) is 7.01. The number of piperazine rings is 1. The first-order chi connectivity index (χ1) is 18.6. The highest BCUT2D eigenvalue weighted by atomic mass is 19.2. The van der Waals surface area contributed by atoms with Crippen molar-refractivity contribution < 1.29 is 23.1 Å². The predicted octanol–water partition coefficient (Wildman–Crippen LogP) is 3.01. The van der Waals surface area contributed by atoms with E-state index in [1.54, 1.807) is 23.4 Å². The second-order valence-electron chi connectivity index (χ2n) is 10.7. The van der Waals surface area contributed by atoms with Crippen molar-refractivity contribution in [3.63, 3.8) is 0 Å². The van der Waals surface area contributed by atoms with Crippen molar-refractivity contribution in [3.05, 3.63) is 59.6 Å². The number of anilines is 1. The van der Waals surface area contributed by atoms with Gasteiger partial charge in [-0.2, -0.15) is 9.78 Å². The Bertz CT molecular complexity index is 1370. The molecule has 39 heavy (non-hydrogen) atoms. The number of fused-ring (bicyclic) bond motifs is 1. The number of ether oxygens (including phenoxy) is 1. The van der Waals surface area contributed by atoms with Crippen molar-refractivity contribution in [2.75, 3.05) is 37.7 Å². The highest BCUT2D eigenvalue weighted by Gasteiger charge is 2.38. The van der Waals surface area contributed by atoms with E-state index >= 15 is 0 Å². The van der Waals surface area contributed by atoms with E-state index in [-0.39, 0.29) is 12.5 Å². The molecule has 1 N–H and O–H groups in total. The van der Waals surface area contributed by atoms with Crippen LogP contribution in [0, 0.1) is 17.0 Å². The number of benzene rings is 1. The highest BCUT2D eigenvalue weighted by Crippen LogP contribution is 2.30. The van der Waals surface area contributed by atoms with E-state index in [9.17, 15) is 18.4 Å². The Morgan fingerprint density at radius 1 is 1.05 bits per heavy atom. The van der Waals surface area contributed by atoms with Crippen LogP contribution in [0.2, 0.25) is 0 Å². The van der Waals surface area contributed by atoms with Gasteiger partial charge in [-0.15, -0.1) is 0 Å². The van der Waals surface area contributed by atoms with Gasteiger partial charge in [0.05, 0.1) is 24.6 Å². The number of rotatable bonds is 4. The van der Waals surface area contributed by atoms with E-state index < -0.39 is 29.1 Å². The average molecular weight is 540 g/mol. The molecule has 206 valence electrons. The number of aromatic nitrogens is 4. The molecular weight excluding hydrogens is 508 g/mol. The fraction of sp³-hybridized carbons (Fsp3) is 0.444. The van der Waals surface area contributed by atoms with Gasteiger partial charge in [0.2, 0.25) is 11.9 Å². The summed E-state index contributed by atoms with van der Waals surface area (Å²) in [5, 5.41) is 7.38. The normalized spacial score (nSPS) is 16.5. The zero-order chi connectivity index (χ0) is 27.7. The zero-order valence-corrected chi connectivity index (χ0v) is 22.2. The molecule has 0 unspecified atom stereocenters. The van der Waals surface area contributed by atoms with E-state index in [2.05, 4.69) is 20.4 Å². The van der Waals surface area contributed by atoms with Crippen LogP contribution in [0.4, 0.5) is 19.5 Å². The number of hydrogen-bond acceptors (Lipinski definition) is 7. The molecule has 2 aliphatic rings. The summed E-state index contributed by atoms with van der Waals surface area (Å²) >= 11 is 0. The summed E-state index contributed by atoms with van der Waals surface area (Å²) in [6, 6.07) is 3.86. The van der Waals surface area contributed by atoms with Gasteiger partial charge in [0.25, 0.3) is 0 Å². The Hall–Kier alpha value is -3.93. The lowest BCUT2D eigenvalue weighted by Crippen LogP contribution is -2.59. The van der Waals surface area contributed by atoms with Crippen molar-refractivity contribution in [2.24, 2.45) is 5.41 Å². The van der Waals surface area contributed by atoms with E-state index in [1.807, 2.05) is 25.7 Å². The molecule has 2 aliphatic heterocycles. The van der Waals surface area contributed by atoms with Gasteiger partial charge in [-0.25, -0.2) is 23.5 Å². The number of halogens is 2. The lowest BCUT2D eigenvalue weighted by molar-refractivity contribution is -0.136. The maximum absolute atomic E-state index is 14.0. The molecule has 0 saturated carbocycles. The Morgan fingerprint density at radius 3 is 2.44 bits per heavy atom. The third-order valence-corrected chi connectivity index (χ3v) is 7.01. The number of hydrogen-bond donors (Lipinski definition) is 1. The summed E-state index contributed by atoms with van der Waals surface area (Å²) < 4.78 is 34.3. The molecule has 2 amide bonds. The van der Waals surface area contributed by atoms with Crippen molar-refractivity contribution >= 4 is 17.9 Å². The van der Waals surface area contributed by atoms with E-state index in [0.717, 1.165) is 12.1 Å². The monoisotopic (exact) mass is 539 g/mol. The van der Waals surface area contributed by atoms with Crippen molar-refractivity contribution in [1.29, 1.82) is 0 Å². The molecule has 12 heteroatoms. The Kier molecular flexibility index (Phi) is 7.30. The fourth-order valence-corrected chi connectivity index (χ4v) is 4.88. The molecule has 1 aromatic carbocycles. The zero-order valence-electron chi connectivity index (χ0n) is 22.2. The van der Waals surface area contributed by atoms with Crippen LogP contribution in [-0.4, -0.2) is 75.4 Å². The number of nitrogens with zero attached hydrogens (tertiary/aromatic N) is 6. The van der Waals surface area contributed by atoms with Crippen LogP contribution in [0.5, 0.6) is 0 Å². The summed E-state index contributed by atoms with van der Waals surface area (Å²) in [5.41, 5.74) is 1.35. The topological polar surface area (TPSA) is 105 Å². The van der Waals surface area contributed by atoms with Gasteiger partial charge >= 0.3 is 6.03 Å². The van der Waals surface area contributed by atoms with Crippen LogP contribution in [0.25, 0.3) is 11.3 Å². The van der Waals surface area contributed by atoms with Gasteiger partial charge in [-0.05, 0) is 29.7 Å². The summed E-state index contributed by atoms with van der Waals surface area (Å²) in [6.07, 6.45) is 3.78. The molecule has 0 spiro atoms. The van der Waals surface area contributed by atoms with Crippen molar-refractivity contribution in [2.45, 2.75) is 39.8 Å². The van der Waals surface area contributed by atoms with E-state index in [4.69, 9.17) is 4.74 Å². The fourth-order valence-electron chi connectivity index (χ4n) is 4.88. The minimum absolute atomic E-state index is 0.185. The van der Waals surface area contributed by atoms with Gasteiger partial charge in [0.1, 0.15) is 6.04 Å². The number of carbonyl (C=O) groups is 2. The Morgan fingerprint density at radius 2 is 1.77 bits per heavy atom. The molecule has 1 fully saturated rings. The maximum Gasteiger partial charge on any atom is 0.343 e. The Labute approximate surface area is 225 Å². The average Bonchev–Trinajstić information content (AvgIpc) is 3.33. The van der Waals surface area contributed by atoms with Gasteiger partial charge in [0.15, 0.2) is 11.6 Å². The van der Waals surface area contributed by atoms with Gasteiger partial charge in [-0.1, -0.05) is 20.8 Å². The molecular formula is C27H31F2N7O3. The van der Waals surface area contributed by atoms with Crippen LogP contribution in [-0.2, 0) is 22.6 Å². The smallest absolute Gasteiger partial charge is 0.343 e. The summed E-state index contributed by atoms with van der Waals surface area (Å²) in [5.74, 6) is -1.54. The lowest BCUT2D eigenvalue weighted by atomic mass is 9.85. The van der Waals surface area contributed by atoms with Gasteiger partial charge in [-0.3, -0.25) is 4.79 Å².